The van der Waals surface area contributed by atoms with E-state index >= 15 is 0 Å². The van der Waals surface area contributed by atoms with Gasteiger partial charge in [-0.25, -0.2) is 4.79 Å². The van der Waals surface area contributed by atoms with Crippen LogP contribution in [-0.2, 0) is 10.9 Å². The number of hydrogen-bond acceptors (Lipinski definition) is 5. The van der Waals surface area contributed by atoms with Gasteiger partial charge in [-0.3, -0.25) is 4.57 Å². The molecule has 0 saturated carbocycles. The Bertz CT molecular complexity index is 544. The van der Waals surface area contributed by atoms with Crippen molar-refractivity contribution in [3.63, 3.8) is 0 Å². The quantitative estimate of drug-likeness (QED) is 0.864. The maximum absolute atomic E-state index is 12.7. The normalized spacial score (nSPS) is 23.2. The van der Waals surface area contributed by atoms with Crippen LogP contribution in [0.1, 0.15) is 31.1 Å². The van der Waals surface area contributed by atoms with Gasteiger partial charge < -0.3 is 15.6 Å². The second-order valence-corrected chi connectivity index (χ2v) is 4.53. The number of aromatic nitrogens is 2. The van der Waals surface area contributed by atoms with Crippen molar-refractivity contribution in [1.82, 2.24) is 9.55 Å². The lowest BCUT2D eigenvalue weighted by molar-refractivity contribution is -0.138. The molecule has 0 aliphatic carbocycles. The minimum absolute atomic E-state index is 0.0833. The average molecular weight is 293 g/mol. The van der Waals surface area contributed by atoms with E-state index in [2.05, 4.69) is 4.98 Å². The molecule has 0 aromatic carbocycles. The van der Waals surface area contributed by atoms with Crippen molar-refractivity contribution >= 4 is 5.82 Å². The molecule has 0 radical (unpaired) electrons. The van der Waals surface area contributed by atoms with Crippen molar-refractivity contribution in [1.29, 1.82) is 0 Å². The Hall–Kier alpha value is -1.61. The van der Waals surface area contributed by atoms with Crippen molar-refractivity contribution in [2.24, 2.45) is 0 Å². The minimum atomic E-state index is -4.68. The van der Waals surface area contributed by atoms with Gasteiger partial charge >= 0.3 is 11.9 Å². The molecule has 0 amide bonds. The summed E-state index contributed by atoms with van der Waals surface area (Å²) in [5, 5.41) is 8.80. The molecule has 0 spiro atoms. The van der Waals surface area contributed by atoms with Crippen LogP contribution in [0.25, 0.3) is 0 Å². The van der Waals surface area contributed by atoms with Crippen molar-refractivity contribution in [3.05, 3.63) is 22.2 Å². The lowest BCUT2D eigenvalue weighted by Crippen LogP contribution is -2.30. The van der Waals surface area contributed by atoms with Crippen LogP contribution in [-0.4, -0.2) is 27.4 Å². The first-order chi connectivity index (χ1) is 9.32. The fourth-order valence-corrected chi connectivity index (χ4v) is 2.15. The number of rotatable bonds is 3. The number of anilines is 1. The van der Waals surface area contributed by atoms with Gasteiger partial charge in [0.15, 0.2) is 0 Å². The predicted molar refractivity (Wildman–Crippen MR) is 62.8 cm³/mol. The lowest BCUT2D eigenvalue weighted by atomic mass is 10.2. The Morgan fingerprint density at radius 2 is 2.20 bits per heavy atom. The molecule has 1 aromatic rings. The van der Waals surface area contributed by atoms with E-state index in [9.17, 15) is 18.0 Å². The fraction of sp³-hybridized carbons (Fsp3) is 0.636. The first-order valence-corrected chi connectivity index (χ1v) is 6.05. The minimum Gasteiger partial charge on any atom is -0.396 e. The standard InChI is InChI=1S/C11H14F3N3O3/c12-11(13,14)7-5-17(10(19)16-9(7)15)8-2-1-6(20-8)3-4-18/h5-6,8,18H,1-4H2,(H2,15,16,19)/t6-,8+/m0/s1. The van der Waals surface area contributed by atoms with Gasteiger partial charge in [0.1, 0.15) is 17.6 Å². The number of halogens is 3. The Balaban J connectivity index is 2.31. The van der Waals surface area contributed by atoms with E-state index in [1.165, 1.54) is 0 Å². The Kier molecular flexibility index (Phi) is 4.00. The second kappa shape index (κ2) is 5.41. The van der Waals surface area contributed by atoms with Crippen LogP contribution in [0.5, 0.6) is 0 Å². The van der Waals surface area contributed by atoms with E-state index in [-0.39, 0.29) is 12.7 Å². The Labute approximate surface area is 112 Å². The zero-order valence-corrected chi connectivity index (χ0v) is 10.4. The van der Waals surface area contributed by atoms with Crippen molar-refractivity contribution in [2.75, 3.05) is 12.3 Å². The van der Waals surface area contributed by atoms with Gasteiger partial charge in [0.2, 0.25) is 0 Å². The zero-order chi connectivity index (χ0) is 14.9. The summed E-state index contributed by atoms with van der Waals surface area (Å²) in [6.45, 7) is -0.0833. The number of nitrogens with two attached hydrogens (primary N) is 1. The highest BCUT2D eigenvalue weighted by Crippen LogP contribution is 2.34. The molecule has 1 aliphatic heterocycles. The summed E-state index contributed by atoms with van der Waals surface area (Å²) in [7, 11) is 0. The number of alkyl halides is 3. The number of ether oxygens (including phenoxy) is 1. The molecule has 1 saturated heterocycles. The third-order valence-corrected chi connectivity index (χ3v) is 3.13. The molecule has 1 fully saturated rings. The summed E-state index contributed by atoms with van der Waals surface area (Å²) in [6.07, 6.45) is -3.82. The summed E-state index contributed by atoms with van der Waals surface area (Å²) in [5.41, 5.74) is 3.09. The molecular formula is C11H14F3N3O3. The van der Waals surface area contributed by atoms with Gasteiger partial charge in [0.05, 0.1) is 6.10 Å². The smallest absolute Gasteiger partial charge is 0.396 e. The summed E-state index contributed by atoms with van der Waals surface area (Å²) in [5.74, 6) is -0.844. The summed E-state index contributed by atoms with van der Waals surface area (Å²) < 4.78 is 44.4. The molecule has 1 aliphatic rings. The maximum Gasteiger partial charge on any atom is 0.421 e. The van der Waals surface area contributed by atoms with Crippen molar-refractivity contribution in [3.8, 4) is 0 Å². The molecule has 2 atom stereocenters. The molecule has 2 heterocycles. The van der Waals surface area contributed by atoms with E-state index in [0.717, 1.165) is 4.57 Å². The van der Waals surface area contributed by atoms with Gasteiger partial charge in [-0.2, -0.15) is 18.2 Å². The highest BCUT2D eigenvalue weighted by Gasteiger charge is 2.36. The van der Waals surface area contributed by atoms with Crippen LogP contribution >= 0.6 is 0 Å². The molecule has 20 heavy (non-hydrogen) atoms. The van der Waals surface area contributed by atoms with Crippen LogP contribution in [0.15, 0.2) is 11.0 Å². The largest absolute Gasteiger partial charge is 0.421 e. The number of aliphatic hydroxyl groups is 1. The van der Waals surface area contributed by atoms with Crippen LogP contribution in [0.4, 0.5) is 19.0 Å². The molecule has 1 aromatic heterocycles. The lowest BCUT2D eigenvalue weighted by Gasteiger charge is -2.17. The third-order valence-electron chi connectivity index (χ3n) is 3.13. The number of nitrogens with zero attached hydrogens (tertiary/aromatic N) is 2. The summed E-state index contributed by atoms with van der Waals surface area (Å²) >= 11 is 0. The maximum atomic E-state index is 12.7. The molecule has 0 unspecified atom stereocenters. The molecule has 9 heteroatoms. The van der Waals surface area contributed by atoms with Gasteiger partial charge in [0, 0.05) is 12.8 Å². The van der Waals surface area contributed by atoms with Crippen LogP contribution in [0.3, 0.4) is 0 Å². The van der Waals surface area contributed by atoms with Crippen molar-refractivity contribution in [2.45, 2.75) is 37.8 Å². The van der Waals surface area contributed by atoms with Crippen LogP contribution in [0, 0.1) is 0 Å². The first kappa shape index (κ1) is 14.8. The second-order valence-electron chi connectivity index (χ2n) is 4.53. The highest BCUT2D eigenvalue weighted by molar-refractivity contribution is 5.38. The van der Waals surface area contributed by atoms with Gasteiger partial charge in [0.25, 0.3) is 0 Å². The molecule has 0 bridgehead atoms. The summed E-state index contributed by atoms with van der Waals surface area (Å²) in [4.78, 5) is 14.8. The van der Waals surface area contributed by atoms with Crippen LogP contribution < -0.4 is 11.4 Å². The van der Waals surface area contributed by atoms with E-state index < -0.39 is 29.5 Å². The fourth-order valence-electron chi connectivity index (χ4n) is 2.15. The monoisotopic (exact) mass is 293 g/mol. The molecule has 112 valence electrons. The van der Waals surface area contributed by atoms with E-state index in [1.807, 2.05) is 0 Å². The summed E-state index contributed by atoms with van der Waals surface area (Å²) in [6, 6.07) is 0. The highest BCUT2D eigenvalue weighted by atomic mass is 19.4. The number of aliphatic hydroxyl groups excluding tert-OH is 1. The molecule has 2 rings (SSSR count). The number of hydrogen-bond donors (Lipinski definition) is 2. The van der Waals surface area contributed by atoms with Crippen LogP contribution in [0.2, 0.25) is 0 Å². The topological polar surface area (TPSA) is 90.4 Å². The zero-order valence-electron chi connectivity index (χ0n) is 10.4. The van der Waals surface area contributed by atoms with E-state index in [4.69, 9.17) is 15.6 Å². The van der Waals surface area contributed by atoms with Gasteiger partial charge in [-0.1, -0.05) is 0 Å². The van der Waals surface area contributed by atoms with Gasteiger partial charge in [-0.15, -0.1) is 0 Å². The van der Waals surface area contributed by atoms with E-state index in [1.54, 1.807) is 0 Å². The molecular weight excluding hydrogens is 279 g/mol. The average Bonchev–Trinajstić information content (AvgIpc) is 2.76. The van der Waals surface area contributed by atoms with E-state index in [0.29, 0.717) is 25.5 Å². The Morgan fingerprint density at radius 1 is 1.50 bits per heavy atom. The molecule has 3 N–H and O–H groups in total. The van der Waals surface area contributed by atoms with Crippen molar-refractivity contribution < 1.29 is 23.0 Å². The van der Waals surface area contributed by atoms with Gasteiger partial charge in [-0.05, 0) is 19.3 Å². The Morgan fingerprint density at radius 3 is 2.80 bits per heavy atom. The number of nitrogen functional groups attached to an aromatic ring is 1. The third kappa shape index (κ3) is 2.93. The first-order valence-electron chi connectivity index (χ1n) is 6.05. The predicted octanol–water partition coefficient (Wildman–Crippen LogP) is 0.904. The molecule has 6 nitrogen and oxygen atoms in total. The SMILES string of the molecule is Nc1nc(=O)n([C@H]2CC[C@@H](CCO)O2)cc1C(F)(F)F.